The molecule has 0 aromatic heterocycles. The molecule has 0 atom stereocenters. The highest BCUT2D eigenvalue weighted by Gasteiger charge is 2.28. The van der Waals surface area contributed by atoms with Crippen LogP contribution in [0.3, 0.4) is 0 Å². The van der Waals surface area contributed by atoms with Crippen LogP contribution in [0.1, 0.15) is 19.8 Å². The predicted molar refractivity (Wildman–Crippen MR) is 62.8 cm³/mol. The van der Waals surface area contributed by atoms with E-state index in [1.165, 1.54) is 21.3 Å². The van der Waals surface area contributed by atoms with Gasteiger partial charge in [-0.05, 0) is 13.3 Å². The smallest absolute Gasteiger partial charge is 0.319 e. The summed E-state index contributed by atoms with van der Waals surface area (Å²) in [5, 5.41) is 0. The van der Waals surface area contributed by atoms with Crippen molar-refractivity contribution in [1.82, 2.24) is 0 Å². The standard InChI is InChI=1S/C10H20O5Si/c1-8(9(11)15-16)6-5-7-10(12-2,13-3)14-4/h6H,5,7H2,1-4,16H3. The average Bonchev–Trinajstić information content (AvgIpc) is 2.34. The molecule has 16 heavy (non-hydrogen) atoms. The third-order valence-corrected chi connectivity index (χ3v) is 2.71. The summed E-state index contributed by atoms with van der Waals surface area (Å²) in [6.45, 7) is 1.72. The van der Waals surface area contributed by atoms with E-state index in [2.05, 4.69) is 0 Å². The summed E-state index contributed by atoms with van der Waals surface area (Å²) >= 11 is 0. The summed E-state index contributed by atoms with van der Waals surface area (Å²) in [6, 6.07) is 0. The molecule has 0 fully saturated rings. The summed E-state index contributed by atoms with van der Waals surface area (Å²) in [5.41, 5.74) is 0.590. The number of hydrogen-bond acceptors (Lipinski definition) is 5. The summed E-state index contributed by atoms with van der Waals surface area (Å²) in [5.74, 6) is -1.31. The second kappa shape index (κ2) is 7.56. The van der Waals surface area contributed by atoms with Crippen LogP contribution in [0.4, 0.5) is 0 Å². The van der Waals surface area contributed by atoms with Gasteiger partial charge in [0.25, 0.3) is 5.97 Å². The first kappa shape index (κ1) is 15.3. The third-order valence-electron chi connectivity index (χ3n) is 2.34. The molecule has 0 aliphatic rings. The van der Waals surface area contributed by atoms with Gasteiger partial charge >= 0.3 is 5.97 Å². The Balaban J connectivity index is 4.28. The van der Waals surface area contributed by atoms with Crippen molar-refractivity contribution >= 4 is 16.5 Å². The second-order valence-corrected chi connectivity index (χ2v) is 3.62. The number of carbonyl (C=O) groups is 1. The van der Waals surface area contributed by atoms with Gasteiger partial charge in [0.05, 0.1) is 0 Å². The molecule has 0 rings (SSSR count). The van der Waals surface area contributed by atoms with Crippen molar-refractivity contribution in [3.8, 4) is 0 Å². The van der Waals surface area contributed by atoms with Gasteiger partial charge in [0.1, 0.15) is 0 Å². The van der Waals surface area contributed by atoms with Crippen LogP contribution in [-0.4, -0.2) is 43.8 Å². The van der Waals surface area contributed by atoms with Crippen LogP contribution in [-0.2, 0) is 23.4 Å². The summed E-state index contributed by atoms with van der Waals surface area (Å²) in [6.07, 6.45) is 2.90. The van der Waals surface area contributed by atoms with Crippen molar-refractivity contribution in [1.29, 1.82) is 0 Å². The molecule has 0 aromatic carbocycles. The fourth-order valence-corrected chi connectivity index (χ4v) is 1.59. The van der Waals surface area contributed by atoms with E-state index in [9.17, 15) is 4.79 Å². The zero-order valence-electron chi connectivity index (χ0n) is 10.5. The van der Waals surface area contributed by atoms with Crippen molar-refractivity contribution in [2.45, 2.75) is 25.7 Å². The molecule has 0 radical (unpaired) electrons. The van der Waals surface area contributed by atoms with Crippen molar-refractivity contribution in [2.75, 3.05) is 21.3 Å². The zero-order chi connectivity index (χ0) is 12.6. The Hall–Kier alpha value is -0.693. The fourth-order valence-electron chi connectivity index (χ4n) is 1.27. The minimum atomic E-state index is -1.04. The lowest BCUT2D eigenvalue weighted by atomic mass is 10.2. The van der Waals surface area contributed by atoms with E-state index >= 15 is 0 Å². The van der Waals surface area contributed by atoms with Crippen molar-refractivity contribution in [2.24, 2.45) is 0 Å². The Morgan fingerprint density at radius 2 is 1.75 bits per heavy atom. The average molecular weight is 248 g/mol. The molecular formula is C10H20O5Si. The van der Waals surface area contributed by atoms with Gasteiger partial charge in [-0.25, -0.2) is 4.79 Å². The van der Waals surface area contributed by atoms with Crippen LogP contribution in [0.15, 0.2) is 11.6 Å². The van der Waals surface area contributed by atoms with E-state index in [4.69, 9.17) is 18.6 Å². The maximum Gasteiger partial charge on any atom is 0.319 e. The largest absolute Gasteiger partial charge is 0.526 e. The lowest BCUT2D eigenvalue weighted by Gasteiger charge is -2.28. The van der Waals surface area contributed by atoms with Gasteiger partial charge in [-0.15, -0.1) is 0 Å². The van der Waals surface area contributed by atoms with Gasteiger partial charge in [-0.2, -0.15) is 0 Å². The molecule has 0 aliphatic heterocycles. The maximum absolute atomic E-state index is 11.1. The molecule has 0 aliphatic carbocycles. The lowest BCUT2D eigenvalue weighted by Crippen LogP contribution is -2.35. The van der Waals surface area contributed by atoms with Gasteiger partial charge in [0, 0.05) is 33.3 Å². The molecule has 0 saturated heterocycles. The van der Waals surface area contributed by atoms with Gasteiger partial charge in [-0.3, -0.25) is 0 Å². The summed E-state index contributed by atoms with van der Waals surface area (Å²) in [7, 11) is 4.94. The molecule has 0 amide bonds. The number of methoxy groups -OCH3 is 3. The Kier molecular flexibility index (Phi) is 7.23. The predicted octanol–water partition coefficient (Wildman–Crippen LogP) is 0.129. The van der Waals surface area contributed by atoms with E-state index in [1.54, 1.807) is 13.0 Å². The van der Waals surface area contributed by atoms with Crippen LogP contribution in [0.2, 0.25) is 0 Å². The van der Waals surface area contributed by atoms with Crippen LogP contribution >= 0.6 is 0 Å². The Morgan fingerprint density at radius 1 is 1.25 bits per heavy atom. The molecule has 0 saturated carbocycles. The number of rotatable bonds is 7. The highest BCUT2D eigenvalue weighted by Crippen LogP contribution is 2.19. The normalized spacial score (nSPS) is 12.9. The first-order valence-corrected chi connectivity index (χ1v) is 5.77. The van der Waals surface area contributed by atoms with Gasteiger partial charge in [-0.1, -0.05) is 6.08 Å². The highest BCUT2D eigenvalue weighted by molar-refractivity contribution is 6.09. The third kappa shape index (κ3) is 4.44. The molecule has 0 aromatic rings. The molecule has 0 bridgehead atoms. The molecule has 5 nitrogen and oxygen atoms in total. The molecular weight excluding hydrogens is 228 g/mol. The van der Waals surface area contributed by atoms with E-state index in [0.717, 1.165) is 0 Å². The Labute approximate surface area is 99.2 Å². The molecule has 0 unspecified atom stereocenters. The van der Waals surface area contributed by atoms with E-state index in [0.29, 0.717) is 28.9 Å². The topological polar surface area (TPSA) is 54.0 Å². The highest BCUT2D eigenvalue weighted by atomic mass is 28.2. The number of carbonyl (C=O) groups excluding carboxylic acids is 1. The van der Waals surface area contributed by atoms with Gasteiger partial charge in [0.2, 0.25) is 10.5 Å². The first-order chi connectivity index (χ1) is 7.55. The molecule has 0 heterocycles. The van der Waals surface area contributed by atoms with Crippen molar-refractivity contribution in [3.05, 3.63) is 11.6 Å². The number of hydrogen-bond donors (Lipinski definition) is 0. The maximum atomic E-state index is 11.1. The van der Waals surface area contributed by atoms with E-state index in [1.807, 2.05) is 0 Å². The molecule has 6 heteroatoms. The van der Waals surface area contributed by atoms with E-state index in [-0.39, 0.29) is 5.97 Å². The first-order valence-electron chi connectivity index (χ1n) is 4.95. The van der Waals surface area contributed by atoms with Gasteiger partial charge < -0.3 is 18.6 Å². The SMILES string of the molecule is COC(CCC=C(C)C(=O)O[SiH3])(OC)OC. The second-order valence-electron chi connectivity index (χ2n) is 3.21. The quantitative estimate of drug-likeness (QED) is 0.364. The fraction of sp³-hybridized carbons (Fsp3) is 0.700. The molecule has 0 spiro atoms. The number of allylic oxidation sites excluding steroid dienone is 1. The van der Waals surface area contributed by atoms with Gasteiger partial charge in [0.15, 0.2) is 0 Å². The van der Waals surface area contributed by atoms with Crippen LogP contribution in [0.5, 0.6) is 0 Å². The Morgan fingerprint density at radius 3 is 2.12 bits per heavy atom. The minimum absolute atomic E-state index is 0.274. The molecule has 94 valence electrons. The monoisotopic (exact) mass is 248 g/mol. The minimum Gasteiger partial charge on any atom is -0.526 e. The van der Waals surface area contributed by atoms with E-state index < -0.39 is 5.97 Å². The van der Waals surface area contributed by atoms with Crippen LogP contribution < -0.4 is 0 Å². The number of ether oxygens (including phenoxy) is 3. The van der Waals surface area contributed by atoms with Crippen LogP contribution in [0.25, 0.3) is 0 Å². The van der Waals surface area contributed by atoms with Crippen molar-refractivity contribution < 1.29 is 23.4 Å². The summed E-state index contributed by atoms with van der Waals surface area (Å²) in [4.78, 5) is 11.1. The zero-order valence-corrected chi connectivity index (χ0v) is 12.5. The van der Waals surface area contributed by atoms with Crippen LogP contribution in [0, 0.1) is 0 Å². The Bertz CT molecular complexity index is 239. The van der Waals surface area contributed by atoms with Crippen molar-refractivity contribution in [3.63, 3.8) is 0 Å². The summed E-state index contributed by atoms with van der Waals surface area (Å²) < 4.78 is 20.1. The lowest BCUT2D eigenvalue weighted by molar-refractivity contribution is -0.354. The molecule has 0 N–H and O–H groups in total.